The Bertz CT molecular complexity index is 890. The van der Waals surface area contributed by atoms with Gasteiger partial charge in [0.05, 0.1) is 23.3 Å². The van der Waals surface area contributed by atoms with Gasteiger partial charge in [-0.3, -0.25) is 4.79 Å². The lowest BCUT2D eigenvalue weighted by molar-refractivity contribution is 0.102. The van der Waals surface area contributed by atoms with E-state index in [9.17, 15) is 9.18 Å². The van der Waals surface area contributed by atoms with E-state index in [2.05, 4.69) is 29.5 Å². The summed E-state index contributed by atoms with van der Waals surface area (Å²) in [6, 6.07) is 13.6. The number of hydrogen-bond acceptors (Lipinski definition) is 2. The van der Waals surface area contributed by atoms with Crippen LogP contribution < -0.4 is 5.32 Å². The van der Waals surface area contributed by atoms with Crippen molar-refractivity contribution >= 4 is 23.3 Å². The molecule has 1 heterocycles. The van der Waals surface area contributed by atoms with Gasteiger partial charge >= 0.3 is 0 Å². The molecular formula is C19H17ClFN3O. The molecule has 0 radical (unpaired) electrons. The number of aromatic nitrogens is 2. The molecule has 4 nitrogen and oxygen atoms in total. The number of hydrogen-bond donors (Lipinski definition) is 1. The molecule has 0 saturated heterocycles. The lowest BCUT2D eigenvalue weighted by Crippen LogP contribution is -2.16. The number of rotatable bonds is 5. The smallest absolute Gasteiger partial charge is 0.258 e. The third-order valence-electron chi connectivity index (χ3n) is 3.90. The number of nitrogens with one attached hydrogen (secondary N) is 1. The van der Waals surface area contributed by atoms with E-state index in [1.54, 1.807) is 16.9 Å². The molecule has 0 unspecified atom stereocenters. The summed E-state index contributed by atoms with van der Waals surface area (Å²) in [7, 11) is 0. The minimum absolute atomic E-state index is 0.0683. The molecule has 1 aromatic heterocycles. The van der Waals surface area contributed by atoms with Crippen LogP contribution in [0.25, 0.3) is 0 Å². The first-order chi connectivity index (χ1) is 12.1. The van der Waals surface area contributed by atoms with Gasteiger partial charge in [-0.15, -0.1) is 0 Å². The molecule has 0 spiro atoms. The fraction of sp³-hybridized carbons (Fsp3) is 0.158. The zero-order chi connectivity index (χ0) is 17.8. The summed E-state index contributed by atoms with van der Waals surface area (Å²) in [5, 5.41) is 7.08. The molecule has 6 heteroatoms. The minimum atomic E-state index is -0.484. The van der Waals surface area contributed by atoms with E-state index in [1.807, 2.05) is 12.1 Å². The maximum atomic E-state index is 13.1. The largest absolute Gasteiger partial charge is 0.307 e. The maximum Gasteiger partial charge on any atom is 0.258 e. The molecule has 0 saturated carbocycles. The fourth-order valence-corrected chi connectivity index (χ4v) is 2.73. The van der Waals surface area contributed by atoms with Crippen molar-refractivity contribution in [1.82, 2.24) is 9.78 Å². The van der Waals surface area contributed by atoms with Crippen LogP contribution in [0.2, 0.25) is 5.02 Å². The molecule has 0 aliphatic carbocycles. The van der Waals surface area contributed by atoms with Crippen molar-refractivity contribution in [2.75, 3.05) is 5.32 Å². The van der Waals surface area contributed by atoms with Crippen molar-refractivity contribution in [2.45, 2.75) is 19.9 Å². The van der Waals surface area contributed by atoms with Crippen LogP contribution in [0.4, 0.5) is 10.2 Å². The molecule has 2 aromatic carbocycles. The maximum absolute atomic E-state index is 13.1. The lowest BCUT2D eigenvalue weighted by Gasteiger charge is -2.10. The minimum Gasteiger partial charge on any atom is -0.307 e. The molecule has 0 bridgehead atoms. The van der Waals surface area contributed by atoms with Crippen molar-refractivity contribution in [3.05, 3.63) is 82.3 Å². The van der Waals surface area contributed by atoms with Crippen LogP contribution in [0, 0.1) is 5.82 Å². The number of carbonyl (C=O) groups excluding carboxylic acids is 1. The molecule has 0 aliphatic rings. The predicted molar refractivity (Wildman–Crippen MR) is 96.5 cm³/mol. The second-order valence-corrected chi connectivity index (χ2v) is 6.03. The van der Waals surface area contributed by atoms with Gasteiger partial charge in [-0.05, 0) is 35.7 Å². The van der Waals surface area contributed by atoms with Crippen molar-refractivity contribution in [2.24, 2.45) is 0 Å². The van der Waals surface area contributed by atoms with Gasteiger partial charge in [-0.2, -0.15) is 5.10 Å². The summed E-state index contributed by atoms with van der Waals surface area (Å²) in [5.41, 5.74) is 2.56. The summed E-state index contributed by atoms with van der Waals surface area (Å²) in [5.74, 6) is -0.347. The Hall–Kier alpha value is -2.66. The molecule has 0 atom stereocenters. The Morgan fingerprint density at radius 2 is 1.88 bits per heavy atom. The molecule has 3 rings (SSSR count). The third-order valence-corrected chi connectivity index (χ3v) is 4.21. The fourth-order valence-electron chi connectivity index (χ4n) is 2.48. The average molecular weight is 358 g/mol. The van der Waals surface area contributed by atoms with Crippen molar-refractivity contribution in [3.63, 3.8) is 0 Å². The zero-order valence-electron chi connectivity index (χ0n) is 13.7. The van der Waals surface area contributed by atoms with E-state index in [0.29, 0.717) is 12.4 Å². The number of carbonyl (C=O) groups is 1. The Morgan fingerprint density at radius 1 is 1.16 bits per heavy atom. The second-order valence-electron chi connectivity index (χ2n) is 5.62. The summed E-state index contributed by atoms with van der Waals surface area (Å²) < 4.78 is 14.8. The van der Waals surface area contributed by atoms with Gasteiger partial charge in [0.2, 0.25) is 0 Å². The summed E-state index contributed by atoms with van der Waals surface area (Å²) in [6.45, 7) is 2.64. The number of anilines is 1. The Kier molecular flexibility index (Phi) is 5.14. The first kappa shape index (κ1) is 17.2. The third kappa shape index (κ3) is 4.06. The first-order valence-electron chi connectivity index (χ1n) is 7.93. The zero-order valence-corrected chi connectivity index (χ0v) is 14.4. The number of nitrogens with zero attached hydrogens (tertiary/aromatic N) is 2. The quantitative estimate of drug-likeness (QED) is 0.728. The van der Waals surface area contributed by atoms with Crippen LogP contribution in [0.15, 0.2) is 54.7 Å². The van der Waals surface area contributed by atoms with Crippen LogP contribution in [0.3, 0.4) is 0 Å². The molecule has 0 fully saturated rings. The summed E-state index contributed by atoms with van der Waals surface area (Å²) in [6.07, 6.45) is 2.60. The van der Waals surface area contributed by atoms with E-state index in [0.717, 1.165) is 18.1 Å². The Morgan fingerprint density at radius 3 is 2.56 bits per heavy atom. The predicted octanol–water partition coefficient (Wildman–Crippen LogP) is 4.54. The van der Waals surface area contributed by atoms with Crippen molar-refractivity contribution in [3.8, 4) is 0 Å². The van der Waals surface area contributed by atoms with Gasteiger partial charge in [0.15, 0.2) is 0 Å². The standard InChI is InChI=1S/C19H17ClFN3O/c1-2-13-3-5-14(6-4-13)12-24-18(9-10-22-24)23-19(25)16-8-7-15(21)11-17(16)20/h3-11H,2,12H2,1H3,(H,23,25). The molecule has 0 aliphatic heterocycles. The summed E-state index contributed by atoms with van der Waals surface area (Å²) >= 11 is 5.94. The SMILES string of the molecule is CCc1ccc(Cn2nccc2NC(=O)c2ccc(F)cc2Cl)cc1. The average Bonchev–Trinajstić information content (AvgIpc) is 3.02. The van der Waals surface area contributed by atoms with Gasteiger partial charge < -0.3 is 5.32 Å². The van der Waals surface area contributed by atoms with Gasteiger partial charge in [0.25, 0.3) is 5.91 Å². The topological polar surface area (TPSA) is 46.9 Å². The summed E-state index contributed by atoms with van der Waals surface area (Å²) in [4.78, 5) is 12.4. The van der Waals surface area contributed by atoms with E-state index >= 15 is 0 Å². The van der Waals surface area contributed by atoms with E-state index in [4.69, 9.17) is 11.6 Å². The molecule has 25 heavy (non-hydrogen) atoms. The second kappa shape index (κ2) is 7.49. The highest BCUT2D eigenvalue weighted by Crippen LogP contribution is 2.19. The Balaban J connectivity index is 1.75. The van der Waals surface area contributed by atoms with E-state index < -0.39 is 11.7 Å². The van der Waals surface area contributed by atoms with Crippen LogP contribution in [0.5, 0.6) is 0 Å². The molecular weight excluding hydrogens is 341 g/mol. The van der Waals surface area contributed by atoms with Crippen LogP contribution in [-0.2, 0) is 13.0 Å². The highest BCUT2D eigenvalue weighted by Gasteiger charge is 2.13. The molecule has 1 N–H and O–H groups in total. The Labute approximate surface area is 150 Å². The molecule has 128 valence electrons. The van der Waals surface area contributed by atoms with Crippen molar-refractivity contribution < 1.29 is 9.18 Å². The highest BCUT2D eigenvalue weighted by atomic mass is 35.5. The van der Waals surface area contributed by atoms with E-state index in [-0.39, 0.29) is 10.6 Å². The van der Waals surface area contributed by atoms with Gasteiger partial charge in [-0.1, -0.05) is 42.8 Å². The monoisotopic (exact) mass is 357 g/mol. The van der Waals surface area contributed by atoms with Crippen LogP contribution in [-0.4, -0.2) is 15.7 Å². The van der Waals surface area contributed by atoms with Crippen LogP contribution in [0.1, 0.15) is 28.4 Å². The molecule has 3 aromatic rings. The number of aryl methyl sites for hydroxylation is 1. The van der Waals surface area contributed by atoms with Gasteiger partial charge in [0, 0.05) is 6.07 Å². The number of amides is 1. The lowest BCUT2D eigenvalue weighted by atomic mass is 10.1. The van der Waals surface area contributed by atoms with Gasteiger partial charge in [0.1, 0.15) is 11.6 Å². The van der Waals surface area contributed by atoms with Crippen LogP contribution >= 0.6 is 11.6 Å². The normalized spacial score (nSPS) is 10.7. The molecule has 1 amide bonds. The van der Waals surface area contributed by atoms with Crippen molar-refractivity contribution in [1.29, 1.82) is 0 Å². The number of halogens is 2. The van der Waals surface area contributed by atoms with Gasteiger partial charge in [-0.25, -0.2) is 9.07 Å². The highest BCUT2D eigenvalue weighted by molar-refractivity contribution is 6.34. The van der Waals surface area contributed by atoms with E-state index in [1.165, 1.54) is 17.7 Å². The first-order valence-corrected chi connectivity index (χ1v) is 8.30. The number of benzene rings is 2.